The Morgan fingerprint density at radius 2 is 1.87 bits per heavy atom. The first-order valence-corrected chi connectivity index (χ1v) is 3.91. The van der Waals surface area contributed by atoms with Crippen LogP contribution in [-0.4, -0.2) is 15.2 Å². The molecular weight excluding hydrogens is 209 g/mol. The number of benzene rings is 1. The lowest BCUT2D eigenvalue weighted by atomic mass is 10.2. The van der Waals surface area contributed by atoms with Crippen LogP contribution in [0.5, 0.6) is 0 Å². The van der Waals surface area contributed by atoms with E-state index in [9.17, 15) is 13.2 Å². The molecule has 0 bridgehead atoms. The van der Waals surface area contributed by atoms with Gasteiger partial charge in [0.15, 0.2) is 23.3 Å². The number of halogens is 3. The van der Waals surface area contributed by atoms with Crippen molar-refractivity contribution in [3.8, 4) is 11.4 Å². The molecule has 1 aromatic carbocycles. The highest BCUT2D eigenvalue weighted by Crippen LogP contribution is 2.23. The third kappa shape index (κ3) is 1.51. The average molecular weight is 214 g/mol. The van der Waals surface area contributed by atoms with Crippen LogP contribution >= 0.6 is 0 Å². The fourth-order valence-corrected chi connectivity index (χ4v) is 1.10. The van der Waals surface area contributed by atoms with Crippen molar-refractivity contribution in [3.63, 3.8) is 0 Å². The van der Waals surface area contributed by atoms with Crippen molar-refractivity contribution in [2.75, 3.05) is 5.73 Å². The summed E-state index contributed by atoms with van der Waals surface area (Å²) in [6, 6.07) is 1.85. The van der Waals surface area contributed by atoms with Crippen molar-refractivity contribution in [1.82, 2.24) is 15.2 Å². The number of hydrogen-bond acceptors (Lipinski definition) is 3. The maximum Gasteiger partial charge on any atom is 0.239 e. The minimum Gasteiger partial charge on any atom is -0.366 e. The Morgan fingerprint density at radius 1 is 1.13 bits per heavy atom. The number of rotatable bonds is 1. The number of anilines is 1. The molecule has 0 aliphatic carbocycles. The van der Waals surface area contributed by atoms with Gasteiger partial charge in [0.05, 0.1) is 5.56 Å². The third-order valence-electron chi connectivity index (χ3n) is 1.79. The molecule has 0 amide bonds. The van der Waals surface area contributed by atoms with Gasteiger partial charge in [-0.25, -0.2) is 13.2 Å². The maximum atomic E-state index is 13.2. The summed E-state index contributed by atoms with van der Waals surface area (Å²) in [6.45, 7) is 0. The van der Waals surface area contributed by atoms with Crippen LogP contribution in [0.4, 0.5) is 19.1 Å². The van der Waals surface area contributed by atoms with Crippen LogP contribution in [0.1, 0.15) is 0 Å². The van der Waals surface area contributed by atoms with Gasteiger partial charge in [-0.1, -0.05) is 0 Å². The van der Waals surface area contributed by atoms with Crippen molar-refractivity contribution in [3.05, 3.63) is 29.6 Å². The van der Waals surface area contributed by atoms with Gasteiger partial charge in [-0.05, 0) is 12.1 Å². The summed E-state index contributed by atoms with van der Waals surface area (Å²) in [7, 11) is 0. The van der Waals surface area contributed by atoms with E-state index in [1.807, 2.05) is 0 Å². The first kappa shape index (κ1) is 9.50. The number of hydrogen-bond donors (Lipinski definition) is 2. The number of nitrogen functional groups attached to an aromatic ring is 1. The van der Waals surface area contributed by atoms with Crippen LogP contribution in [0, 0.1) is 17.5 Å². The second kappa shape index (κ2) is 3.26. The summed E-state index contributed by atoms with van der Waals surface area (Å²) in [5.74, 6) is -4.30. The largest absolute Gasteiger partial charge is 0.366 e. The standard InChI is InChI=1S/C8H5F3N4/c9-4-2-1-3(5(10)6(4)11)7-13-8(12)15-14-7/h1-2H,(H3,12,13,14,15). The summed E-state index contributed by atoms with van der Waals surface area (Å²) in [4.78, 5) is 3.59. The lowest BCUT2D eigenvalue weighted by Gasteiger charge is -2.00. The first-order chi connectivity index (χ1) is 7.09. The average Bonchev–Trinajstić information content (AvgIpc) is 2.61. The summed E-state index contributed by atoms with van der Waals surface area (Å²) in [6.07, 6.45) is 0. The molecule has 0 aliphatic heterocycles. The lowest BCUT2D eigenvalue weighted by Crippen LogP contribution is -1.95. The van der Waals surface area contributed by atoms with Crippen molar-refractivity contribution < 1.29 is 13.2 Å². The normalized spacial score (nSPS) is 10.6. The molecular formula is C8H5F3N4. The molecule has 3 N–H and O–H groups in total. The van der Waals surface area contributed by atoms with E-state index < -0.39 is 17.5 Å². The Bertz CT molecular complexity index is 509. The van der Waals surface area contributed by atoms with Crippen LogP contribution < -0.4 is 5.73 Å². The number of aromatic nitrogens is 3. The lowest BCUT2D eigenvalue weighted by molar-refractivity contribution is 0.448. The minimum atomic E-state index is -1.55. The highest BCUT2D eigenvalue weighted by molar-refractivity contribution is 5.56. The predicted octanol–water partition coefficient (Wildman–Crippen LogP) is 1.47. The van der Waals surface area contributed by atoms with Gasteiger partial charge < -0.3 is 5.73 Å². The monoisotopic (exact) mass is 214 g/mol. The molecule has 0 unspecified atom stereocenters. The number of H-pyrrole nitrogens is 1. The van der Waals surface area contributed by atoms with E-state index in [1.165, 1.54) is 0 Å². The van der Waals surface area contributed by atoms with E-state index in [1.54, 1.807) is 0 Å². The molecule has 0 saturated carbocycles. The van der Waals surface area contributed by atoms with E-state index in [4.69, 9.17) is 5.73 Å². The molecule has 0 spiro atoms. The Morgan fingerprint density at radius 3 is 2.47 bits per heavy atom. The van der Waals surface area contributed by atoms with Crippen LogP contribution in [0.15, 0.2) is 12.1 Å². The zero-order valence-electron chi connectivity index (χ0n) is 7.26. The second-order valence-corrected chi connectivity index (χ2v) is 2.77. The fraction of sp³-hybridized carbons (Fsp3) is 0. The van der Waals surface area contributed by atoms with Gasteiger partial charge in [0, 0.05) is 0 Å². The third-order valence-corrected chi connectivity index (χ3v) is 1.79. The van der Waals surface area contributed by atoms with E-state index in [0.717, 1.165) is 12.1 Å². The smallest absolute Gasteiger partial charge is 0.239 e. The van der Waals surface area contributed by atoms with Gasteiger partial charge in [-0.3, -0.25) is 5.10 Å². The van der Waals surface area contributed by atoms with Crippen LogP contribution in [0.25, 0.3) is 11.4 Å². The topological polar surface area (TPSA) is 67.6 Å². The second-order valence-electron chi connectivity index (χ2n) is 2.77. The van der Waals surface area contributed by atoms with Crippen LogP contribution in [0.3, 0.4) is 0 Å². The molecule has 78 valence electrons. The van der Waals surface area contributed by atoms with Crippen LogP contribution in [-0.2, 0) is 0 Å². The molecule has 7 heteroatoms. The molecule has 0 saturated heterocycles. The maximum absolute atomic E-state index is 13.2. The highest BCUT2D eigenvalue weighted by atomic mass is 19.2. The van der Waals surface area contributed by atoms with Gasteiger partial charge in [0.2, 0.25) is 5.95 Å². The molecule has 4 nitrogen and oxygen atoms in total. The molecule has 15 heavy (non-hydrogen) atoms. The number of aromatic amines is 1. The van der Waals surface area contributed by atoms with Crippen molar-refractivity contribution >= 4 is 5.95 Å². The number of nitrogens with two attached hydrogens (primary N) is 1. The van der Waals surface area contributed by atoms with E-state index in [-0.39, 0.29) is 17.3 Å². The van der Waals surface area contributed by atoms with Gasteiger partial charge in [-0.2, -0.15) is 4.98 Å². The zero-order chi connectivity index (χ0) is 11.0. The molecule has 0 aliphatic rings. The highest BCUT2D eigenvalue weighted by Gasteiger charge is 2.16. The van der Waals surface area contributed by atoms with Gasteiger partial charge in [0.25, 0.3) is 0 Å². The Hall–Kier alpha value is -2.05. The minimum absolute atomic E-state index is 0.0519. The molecule has 0 fully saturated rings. The molecule has 1 heterocycles. The molecule has 2 aromatic rings. The van der Waals surface area contributed by atoms with Crippen molar-refractivity contribution in [2.24, 2.45) is 0 Å². The number of nitrogens with one attached hydrogen (secondary N) is 1. The zero-order valence-corrected chi connectivity index (χ0v) is 7.26. The van der Waals surface area contributed by atoms with E-state index in [2.05, 4.69) is 15.2 Å². The Kier molecular flexibility index (Phi) is 2.07. The summed E-state index contributed by atoms with van der Waals surface area (Å²) < 4.78 is 38.6. The first-order valence-electron chi connectivity index (χ1n) is 3.91. The molecule has 1 aromatic heterocycles. The number of nitrogens with zero attached hydrogens (tertiary/aromatic N) is 2. The summed E-state index contributed by atoms with van der Waals surface area (Å²) >= 11 is 0. The SMILES string of the molecule is Nc1n[nH]c(-c2ccc(F)c(F)c2F)n1. The molecule has 2 rings (SSSR count). The van der Waals surface area contributed by atoms with E-state index in [0.29, 0.717) is 0 Å². The predicted molar refractivity (Wildman–Crippen MR) is 46.1 cm³/mol. The summed E-state index contributed by atoms with van der Waals surface area (Å²) in [5, 5.41) is 5.74. The summed E-state index contributed by atoms with van der Waals surface area (Å²) in [5.41, 5.74) is 4.97. The van der Waals surface area contributed by atoms with E-state index >= 15 is 0 Å². The van der Waals surface area contributed by atoms with Crippen molar-refractivity contribution in [2.45, 2.75) is 0 Å². The quantitative estimate of drug-likeness (QED) is 0.706. The van der Waals surface area contributed by atoms with Gasteiger partial charge in [-0.15, -0.1) is 5.10 Å². The van der Waals surface area contributed by atoms with Crippen molar-refractivity contribution in [1.29, 1.82) is 0 Å². The molecule has 0 atom stereocenters. The Balaban J connectivity index is 2.59. The molecule has 0 radical (unpaired) electrons. The fourth-order valence-electron chi connectivity index (χ4n) is 1.10. The Labute approximate surface area is 81.9 Å². The van der Waals surface area contributed by atoms with Crippen LogP contribution in [0.2, 0.25) is 0 Å². The van der Waals surface area contributed by atoms with Gasteiger partial charge in [0.1, 0.15) is 0 Å². The van der Waals surface area contributed by atoms with Gasteiger partial charge >= 0.3 is 0 Å².